The zero-order valence-corrected chi connectivity index (χ0v) is 14.9. The van der Waals surface area contributed by atoms with E-state index < -0.39 is 0 Å². The van der Waals surface area contributed by atoms with E-state index in [2.05, 4.69) is 62.0 Å². The van der Waals surface area contributed by atoms with Gasteiger partial charge in [-0.25, -0.2) is 0 Å². The van der Waals surface area contributed by atoms with Gasteiger partial charge in [0.15, 0.2) is 0 Å². The summed E-state index contributed by atoms with van der Waals surface area (Å²) in [5, 5.41) is 0. The van der Waals surface area contributed by atoms with Crippen LogP contribution in [0.5, 0.6) is 0 Å². The number of nitrogens with zero attached hydrogens (tertiary/aromatic N) is 2. The first-order chi connectivity index (χ1) is 9.11. The van der Waals surface area contributed by atoms with Gasteiger partial charge in [0, 0.05) is 24.6 Å². The Bertz CT molecular complexity index is 445. The van der Waals surface area contributed by atoms with Gasteiger partial charge >= 0.3 is 0 Å². The van der Waals surface area contributed by atoms with Gasteiger partial charge in [0.2, 0.25) is 0 Å². The summed E-state index contributed by atoms with van der Waals surface area (Å²) in [6.07, 6.45) is 8.36. The lowest BCUT2D eigenvalue weighted by Gasteiger charge is -2.24. The Labute approximate surface area is 134 Å². The normalized spacial score (nSPS) is 13.8. The second kappa shape index (κ2) is 7.72. The lowest BCUT2D eigenvalue weighted by atomic mass is 10.0. The second-order valence-electron chi connectivity index (χ2n) is 5.68. The van der Waals surface area contributed by atoms with E-state index in [4.69, 9.17) is 0 Å². The molecule has 1 aliphatic rings. The van der Waals surface area contributed by atoms with Gasteiger partial charge in [-0.3, -0.25) is 0 Å². The van der Waals surface area contributed by atoms with Crippen LogP contribution in [0.15, 0.2) is 24.5 Å². The third-order valence-corrected chi connectivity index (χ3v) is 3.76. The SMILES string of the molecule is Br.CCCCCN1C=CN(c2c(C)cc(C)cc2C)C1. The van der Waals surface area contributed by atoms with Gasteiger partial charge in [0.1, 0.15) is 0 Å². The van der Waals surface area contributed by atoms with E-state index in [0.29, 0.717) is 0 Å². The summed E-state index contributed by atoms with van der Waals surface area (Å²) in [5.74, 6) is 0. The average molecular weight is 339 g/mol. The summed E-state index contributed by atoms with van der Waals surface area (Å²) in [5.41, 5.74) is 5.47. The standard InChI is InChI=1S/C17H26N2.BrH/c1-5-6-7-8-18-9-10-19(13-18)17-15(3)11-14(2)12-16(17)4;/h9-12H,5-8,13H2,1-4H3;1H. The van der Waals surface area contributed by atoms with E-state index >= 15 is 0 Å². The number of unbranched alkanes of at least 4 members (excludes halogenated alkanes) is 2. The summed E-state index contributed by atoms with van der Waals surface area (Å²) >= 11 is 0. The fourth-order valence-electron chi connectivity index (χ4n) is 2.95. The first-order valence-electron chi connectivity index (χ1n) is 7.38. The molecule has 1 heterocycles. The molecule has 0 N–H and O–H groups in total. The maximum Gasteiger partial charge on any atom is 0.0942 e. The number of anilines is 1. The van der Waals surface area contributed by atoms with Crippen LogP contribution in [0.1, 0.15) is 42.9 Å². The van der Waals surface area contributed by atoms with Crippen LogP contribution in [0.2, 0.25) is 0 Å². The highest BCUT2D eigenvalue weighted by Crippen LogP contribution is 2.28. The van der Waals surface area contributed by atoms with Crippen LogP contribution in [-0.2, 0) is 0 Å². The van der Waals surface area contributed by atoms with Gasteiger partial charge in [-0.05, 0) is 38.3 Å². The maximum absolute atomic E-state index is 2.41. The number of benzene rings is 1. The fourth-order valence-corrected chi connectivity index (χ4v) is 2.95. The molecule has 0 saturated heterocycles. The Morgan fingerprint density at radius 1 is 1.00 bits per heavy atom. The Morgan fingerprint density at radius 3 is 2.25 bits per heavy atom. The van der Waals surface area contributed by atoms with Crippen LogP contribution in [0.4, 0.5) is 5.69 Å². The predicted octanol–water partition coefficient (Wildman–Crippen LogP) is 4.93. The van der Waals surface area contributed by atoms with Crippen molar-refractivity contribution in [3.63, 3.8) is 0 Å². The molecule has 2 nitrogen and oxygen atoms in total. The molecule has 0 saturated carbocycles. The summed E-state index contributed by atoms with van der Waals surface area (Å²) in [4.78, 5) is 4.78. The van der Waals surface area contributed by atoms with Gasteiger partial charge in [0.05, 0.1) is 6.67 Å². The first-order valence-corrected chi connectivity index (χ1v) is 7.38. The zero-order valence-electron chi connectivity index (χ0n) is 13.1. The fraction of sp³-hybridized carbons (Fsp3) is 0.529. The molecule has 0 aliphatic carbocycles. The molecule has 112 valence electrons. The molecule has 0 radical (unpaired) electrons. The number of hydrogen-bond acceptors (Lipinski definition) is 2. The number of aryl methyl sites for hydroxylation is 3. The van der Waals surface area contributed by atoms with Crippen LogP contribution >= 0.6 is 17.0 Å². The number of halogens is 1. The Kier molecular flexibility index (Phi) is 6.60. The van der Waals surface area contributed by atoms with E-state index in [9.17, 15) is 0 Å². The minimum atomic E-state index is 0. The Balaban J connectivity index is 0.00000200. The molecular formula is C17H27BrN2. The molecule has 0 aromatic heterocycles. The van der Waals surface area contributed by atoms with Crippen molar-refractivity contribution < 1.29 is 0 Å². The highest BCUT2D eigenvalue weighted by Gasteiger charge is 2.17. The largest absolute Gasteiger partial charge is 0.358 e. The molecule has 1 aliphatic heterocycles. The monoisotopic (exact) mass is 338 g/mol. The Hall–Kier alpha value is -0.960. The molecular weight excluding hydrogens is 312 g/mol. The summed E-state index contributed by atoms with van der Waals surface area (Å²) in [6, 6.07) is 4.55. The smallest absolute Gasteiger partial charge is 0.0942 e. The summed E-state index contributed by atoms with van der Waals surface area (Å²) in [7, 11) is 0. The van der Waals surface area contributed by atoms with Gasteiger partial charge in [-0.2, -0.15) is 0 Å². The van der Waals surface area contributed by atoms with Crippen LogP contribution in [-0.4, -0.2) is 18.1 Å². The molecule has 0 amide bonds. The van der Waals surface area contributed by atoms with Gasteiger partial charge in [0.25, 0.3) is 0 Å². The molecule has 0 fully saturated rings. The lowest BCUT2D eigenvalue weighted by Crippen LogP contribution is -2.26. The lowest BCUT2D eigenvalue weighted by molar-refractivity contribution is 0.391. The number of hydrogen-bond donors (Lipinski definition) is 0. The molecule has 2 rings (SSSR count). The highest BCUT2D eigenvalue weighted by atomic mass is 79.9. The summed E-state index contributed by atoms with van der Waals surface area (Å²) in [6.45, 7) is 11.0. The molecule has 3 heteroatoms. The van der Waals surface area contributed by atoms with Crippen molar-refractivity contribution in [3.8, 4) is 0 Å². The molecule has 1 aromatic carbocycles. The molecule has 20 heavy (non-hydrogen) atoms. The third-order valence-electron chi connectivity index (χ3n) is 3.76. The molecule has 1 aromatic rings. The maximum atomic E-state index is 2.41. The van der Waals surface area contributed by atoms with Crippen LogP contribution in [0.3, 0.4) is 0 Å². The molecule has 0 bridgehead atoms. The third kappa shape index (κ3) is 4.02. The van der Waals surface area contributed by atoms with Crippen LogP contribution < -0.4 is 4.90 Å². The van der Waals surface area contributed by atoms with Crippen molar-refractivity contribution in [1.82, 2.24) is 4.90 Å². The minimum absolute atomic E-state index is 0. The number of rotatable bonds is 5. The quantitative estimate of drug-likeness (QED) is 0.702. The van der Waals surface area contributed by atoms with Crippen molar-refractivity contribution in [3.05, 3.63) is 41.2 Å². The highest BCUT2D eigenvalue weighted by molar-refractivity contribution is 8.93. The molecule has 0 unspecified atom stereocenters. The van der Waals surface area contributed by atoms with E-state index in [1.54, 1.807) is 0 Å². The van der Waals surface area contributed by atoms with E-state index in [1.807, 2.05) is 0 Å². The topological polar surface area (TPSA) is 6.48 Å². The van der Waals surface area contributed by atoms with E-state index in [-0.39, 0.29) is 17.0 Å². The first kappa shape index (κ1) is 17.1. The molecule has 0 atom stereocenters. The van der Waals surface area contributed by atoms with Gasteiger partial charge in [-0.15, -0.1) is 17.0 Å². The average Bonchev–Trinajstić information content (AvgIpc) is 2.76. The predicted molar refractivity (Wildman–Crippen MR) is 93.7 cm³/mol. The van der Waals surface area contributed by atoms with Crippen molar-refractivity contribution in [2.45, 2.75) is 47.0 Å². The van der Waals surface area contributed by atoms with Crippen LogP contribution in [0.25, 0.3) is 0 Å². The van der Waals surface area contributed by atoms with Crippen molar-refractivity contribution >= 4 is 22.7 Å². The zero-order chi connectivity index (χ0) is 13.8. The Morgan fingerprint density at radius 2 is 1.65 bits per heavy atom. The van der Waals surface area contributed by atoms with E-state index in [0.717, 1.165) is 6.67 Å². The minimum Gasteiger partial charge on any atom is -0.358 e. The van der Waals surface area contributed by atoms with Crippen molar-refractivity contribution in [2.75, 3.05) is 18.1 Å². The molecule has 0 spiro atoms. The van der Waals surface area contributed by atoms with Crippen molar-refractivity contribution in [1.29, 1.82) is 0 Å². The van der Waals surface area contributed by atoms with Gasteiger partial charge in [-0.1, -0.05) is 37.5 Å². The van der Waals surface area contributed by atoms with Crippen molar-refractivity contribution in [2.24, 2.45) is 0 Å². The van der Waals surface area contributed by atoms with Gasteiger partial charge < -0.3 is 9.80 Å². The van der Waals surface area contributed by atoms with Crippen LogP contribution in [0, 0.1) is 20.8 Å². The summed E-state index contributed by atoms with van der Waals surface area (Å²) < 4.78 is 0. The van der Waals surface area contributed by atoms with E-state index in [1.165, 1.54) is 48.2 Å². The second-order valence-corrected chi connectivity index (χ2v) is 5.68.